The Morgan fingerprint density at radius 2 is 1.89 bits per heavy atom. The SMILES string of the molecule is CCCOc1cc(N2CCN(C)CC2)ccc1-c1nc2ncccc2[nH]1.Cl.Cl. The molecule has 0 atom stereocenters. The summed E-state index contributed by atoms with van der Waals surface area (Å²) < 4.78 is 6.07. The van der Waals surface area contributed by atoms with Gasteiger partial charge in [-0.05, 0) is 37.7 Å². The van der Waals surface area contributed by atoms with Gasteiger partial charge in [-0.3, -0.25) is 0 Å². The van der Waals surface area contributed by atoms with Crippen LogP contribution in [0.5, 0.6) is 5.75 Å². The van der Waals surface area contributed by atoms with Crippen LogP contribution in [-0.2, 0) is 0 Å². The molecule has 3 aromatic rings. The number of piperazine rings is 1. The van der Waals surface area contributed by atoms with Crippen molar-refractivity contribution in [3.63, 3.8) is 0 Å². The zero-order valence-corrected chi connectivity index (χ0v) is 17.9. The predicted molar refractivity (Wildman–Crippen MR) is 119 cm³/mol. The van der Waals surface area contributed by atoms with Crippen molar-refractivity contribution in [3.8, 4) is 17.1 Å². The molecule has 0 unspecified atom stereocenters. The average Bonchev–Trinajstić information content (AvgIpc) is 3.10. The monoisotopic (exact) mass is 423 g/mol. The molecular weight excluding hydrogens is 397 g/mol. The van der Waals surface area contributed by atoms with Gasteiger partial charge < -0.3 is 19.5 Å². The number of aromatic nitrogens is 3. The lowest BCUT2D eigenvalue weighted by molar-refractivity contribution is 0.310. The molecule has 3 heterocycles. The van der Waals surface area contributed by atoms with Gasteiger partial charge in [-0.25, -0.2) is 9.97 Å². The molecule has 6 nitrogen and oxygen atoms in total. The third-order valence-electron chi connectivity index (χ3n) is 4.81. The average molecular weight is 424 g/mol. The third kappa shape index (κ3) is 4.69. The number of rotatable bonds is 5. The number of halogens is 2. The number of nitrogens with one attached hydrogen (secondary N) is 1. The Kier molecular flexibility index (Phi) is 7.92. The second-order valence-electron chi connectivity index (χ2n) is 6.78. The van der Waals surface area contributed by atoms with E-state index < -0.39 is 0 Å². The molecule has 152 valence electrons. The van der Waals surface area contributed by atoms with E-state index in [0.29, 0.717) is 6.61 Å². The van der Waals surface area contributed by atoms with E-state index >= 15 is 0 Å². The lowest BCUT2D eigenvalue weighted by Crippen LogP contribution is -2.44. The van der Waals surface area contributed by atoms with E-state index in [0.717, 1.165) is 60.9 Å². The lowest BCUT2D eigenvalue weighted by atomic mass is 10.1. The topological polar surface area (TPSA) is 57.3 Å². The van der Waals surface area contributed by atoms with Crippen LogP contribution in [0, 0.1) is 0 Å². The first-order chi connectivity index (χ1) is 12.7. The third-order valence-corrected chi connectivity index (χ3v) is 4.81. The molecule has 1 aromatic carbocycles. The smallest absolute Gasteiger partial charge is 0.178 e. The fourth-order valence-electron chi connectivity index (χ4n) is 3.27. The number of hydrogen-bond donors (Lipinski definition) is 1. The molecule has 0 bridgehead atoms. The number of imidazole rings is 1. The van der Waals surface area contributed by atoms with Gasteiger partial charge in [0, 0.05) is 44.1 Å². The molecule has 0 saturated carbocycles. The highest BCUT2D eigenvalue weighted by atomic mass is 35.5. The molecule has 8 heteroatoms. The Labute approximate surface area is 178 Å². The maximum absolute atomic E-state index is 6.07. The van der Waals surface area contributed by atoms with Crippen LogP contribution >= 0.6 is 24.8 Å². The van der Waals surface area contributed by atoms with Crippen LogP contribution in [0.4, 0.5) is 5.69 Å². The quantitative estimate of drug-likeness (QED) is 0.671. The Bertz CT molecular complexity index is 860. The van der Waals surface area contributed by atoms with Crippen molar-refractivity contribution in [2.24, 2.45) is 0 Å². The van der Waals surface area contributed by atoms with Gasteiger partial charge in [-0.1, -0.05) is 6.92 Å². The second kappa shape index (κ2) is 9.96. The summed E-state index contributed by atoms with van der Waals surface area (Å²) in [6.07, 6.45) is 2.73. The Morgan fingerprint density at radius 3 is 2.61 bits per heavy atom. The molecule has 1 saturated heterocycles. The molecular formula is C20H27Cl2N5O. The molecule has 0 spiro atoms. The zero-order valence-electron chi connectivity index (χ0n) is 16.2. The predicted octanol–water partition coefficient (Wildman–Crippen LogP) is 4.01. The van der Waals surface area contributed by atoms with Crippen molar-refractivity contribution in [2.45, 2.75) is 13.3 Å². The minimum atomic E-state index is 0. The summed E-state index contributed by atoms with van der Waals surface area (Å²) in [6.45, 7) is 7.06. The molecule has 1 N–H and O–H groups in total. The van der Waals surface area contributed by atoms with Crippen LogP contribution in [0.1, 0.15) is 13.3 Å². The highest BCUT2D eigenvalue weighted by Crippen LogP contribution is 2.33. The summed E-state index contributed by atoms with van der Waals surface area (Å²) in [7, 11) is 2.17. The van der Waals surface area contributed by atoms with Crippen molar-refractivity contribution in [2.75, 3.05) is 44.7 Å². The Morgan fingerprint density at radius 1 is 1.11 bits per heavy atom. The van der Waals surface area contributed by atoms with E-state index in [1.807, 2.05) is 12.1 Å². The first-order valence-electron chi connectivity index (χ1n) is 9.26. The van der Waals surface area contributed by atoms with Crippen LogP contribution in [0.2, 0.25) is 0 Å². The van der Waals surface area contributed by atoms with E-state index in [2.05, 4.69) is 56.9 Å². The fourth-order valence-corrected chi connectivity index (χ4v) is 3.27. The normalized spacial score (nSPS) is 14.4. The number of aromatic amines is 1. The maximum atomic E-state index is 6.07. The van der Waals surface area contributed by atoms with Crippen LogP contribution in [0.15, 0.2) is 36.5 Å². The molecule has 0 radical (unpaired) electrons. The Balaban J connectivity index is 0.00000140. The molecule has 1 aliphatic heterocycles. The summed E-state index contributed by atoms with van der Waals surface area (Å²) >= 11 is 0. The molecule has 1 fully saturated rings. The highest BCUT2D eigenvalue weighted by molar-refractivity contribution is 5.85. The van der Waals surface area contributed by atoms with Crippen molar-refractivity contribution < 1.29 is 4.74 Å². The van der Waals surface area contributed by atoms with E-state index in [-0.39, 0.29) is 24.8 Å². The fraction of sp³-hybridized carbons (Fsp3) is 0.400. The van der Waals surface area contributed by atoms with Crippen molar-refractivity contribution in [3.05, 3.63) is 36.5 Å². The second-order valence-corrected chi connectivity index (χ2v) is 6.78. The molecule has 28 heavy (non-hydrogen) atoms. The van der Waals surface area contributed by atoms with Crippen LogP contribution < -0.4 is 9.64 Å². The van der Waals surface area contributed by atoms with Gasteiger partial charge in [-0.2, -0.15) is 0 Å². The van der Waals surface area contributed by atoms with Crippen molar-refractivity contribution in [1.29, 1.82) is 0 Å². The number of H-pyrrole nitrogens is 1. The molecule has 0 aliphatic carbocycles. The van der Waals surface area contributed by atoms with Gasteiger partial charge >= 0.3 is 0 Å². The zero-order chi connectivity index (χ0) is 17.9. The number of pyridine rings is 1. The van der Waals surface area contributed by atoms with Crippen LogP contribution in [0.3, 0.4) is 0 Å². The minimum absolute atomic E-state index is 0. The van der Waals surface area contributed by atoms with Crippen LogP contribution in [-0.4, -0.2) is 59.7 Å². The summed E-state index contributed by atoms with van der Waals surface area (Å²) in [6, 6.07) is 10.3. The summed E-state index contributed by atoms with van der Waals surface area (Å²) in [5, 5.41) is 0. The first-order valence-corrected chi connectivity index (χ1v) is 9.26. The van der Waals surface area contributed by atoms with Gasteiger partial charge in [0.05, 0.1) is 17.7 Å². The molecule has 1 aliphatic rings. The highest BCUT2D eigenvalue weighted by Gasteiger charge is 2.18. The van der Waals surface area contributed by atoms with Gasteiger partial charge in [-0.15, -0.1) is 24.8 Å². The maximum Gasteiger partial charge on any atom is 0.178 e. The van der Waals surface area contributed by atoms with E-state index in [4.69, 9.17) is 4.74 Å². The van der Waals surface area contributed by atoms with Gasteiger partial charge in [0.2, 0.25) is 0 Å². The number of fused-ring (bicyclic) bond motifs is 1. The largest absolute Gasteiger partial charge is 0.493 e. The van der Waals surface area contributed by atoms with E-state index in [1.54, 1.807) is 6.20 Å². The van der Waals surface area contributed by atoms with Gasteiger partial charge in [0.1, 0.15) is 11.6 Å². The van der Waals surface area contributed by atoms with Gasteiger partial charge in [0.15, 0.2) is 5.65 Å². The van der Waals surface area contributed by atoms with E-state index in [9.17, 15) is 0 Å². The number of anilines is 1. The molecule has 4 rings (SSSR count). The number of ether oxygens (including phenoxy) is 1. The summed E-state index contributed by atoms with van der Waals surface area (Å²) in [5.41, 5.74) is 3.86. The standard InChI is InChI=1S/C20H25N5O.2ClH/c1-3-13-26-18-14-15(25-11-9-24(2)10-12-25)6-7-16(18)19-22-17-5-4-8-21-20(17)23-19;;/h4-8,14H,3,9-13H2,1-2H3,(H,21,22,23);2*1H. The summed E-state index contributed by atoms with van der Waals surface area (Å²) in [4.78, 5) is 17.1. The minimum Gasteiger partial charge on any atom is -0.493 e. The number of nitrogens with zero attached hydrogens (tertiary/aromatic N) is 4. The lowest BCUT2D eigenvalue weighted by Gasteiger charge is -2.34. The van der Waals surface area contributed by atoms with Crippen LogP contribution in [0.25, 0.3) is 22.6 Å². The first kappa shape index (κ1) is 22.3. The Hall–Kier alpha value is -2.02. The van der Waals surface area contributed by atoms with Gasteiger partial charge in [0.25, 0.3) is 0 Å². The van der Waals surface area contributed by atoms with Crippen molar-refractivity contribution >= 4 is 41.7 Å². The number of likely N-dealkylation sites (N-methyl/N-ethyl adjacent to an activating group) is 1. The molecule has 2 aromatic heterocycles. The number of benzene rings is 1. The molecule has 0 amide bonds. The summed E-state index contributed by atoms with van der Waals surface area (Å²) in [5.74, 6) is 1.68. The van der Waals surface area contributed by atoms with E-state index in [1.165, 1.54) is 5.69 Å². The van der Waals surface area contributed by atoms with Crippen molar-refractivity contribution in [1.82, 2.24) is 19.9 Å². The number of hydrogen-bond acceptors (Lipinski definition) is 5.